The van der Waals surface area contributed by atoms with E-state index in [2.05, 4.69) is 34.5 Å². The molecule has 1 fully saturated rings. The number of likely N-dealkylation sites (tertiary alicyclic amines) is 1. The molecule has 3 N–H and O–H groups in total. The maximum atomic E-state index is 11.1. The highest BCUT2D eigenvalue weighted by Crippen LogP contribution is 2.24. The van der Waals surface area contributed by atoms with Gasteiger partial charge >= 0.3 is 6.09 Å². The molecule has 0 bridgehead atoms. The summed E-state index contributed by atoms with van der Waals surface area (Å²) in [4.78, 5) is 13.5. The van der Waals surface area contributed by atoms with Crippen LogP contribution in [0.15, 0.2) is 30.3 Å². The minimum atomic E-state index is -0.365. The average molecular weight is 277 g/mol. The molecule has 0 aromatic heterocycles. The predicted octanol–water partition coefficient (Wildman–Crippen LogP) is 1.19. The molecule has 1 aromatic rings. The lowest BCUT2D eigenvalue weighted by atomic mass is 10.1. The van der Waals surface area contributed by atoms with Crippen molar-refractivity contribution >= 4 is 6.09 Å². The SMILES string of the molecule is CNC(=O)OC[C@H]1C[C@@H](CN)N(Cc2ccccc2)C1. The van der Waals surface area contributed by atoms with Crippen molar-refractivity contribution < 1.29 is 9.53 Å². The molecule has 20 heavy (non-hydrogen) atoms. The van der Waals surface area contributed by atoms with E-state index in [9.17, 15) is 4.79 Å². The zero-order valence-corrected chi connectivity index (χ0v) is 11.9. The van der Waals surface area contributed by atoms with Crippen LogP contribution in [0, 0.1) is 5.92 Å². The van der Waals surface area contributed by atoms with Gasteiger partial charge in [-0.05, 0) is 12.0 Å². The van der Waals surface area contributed by atoms with Gasteiger partial charge in [0.25, 0.3) is 0 Å². The lowest BCUT2D eigenvalue weighted by Gasteiger charge is -2.23. The van der Waals surface area contributed by atoms with Crippen LogP contribution in [0.4, 0.5) is 4.79 Å². The minimum Gasteiger partial charge on any atom is -0.449 e. The Morgan fingerprint density at radius 1 is 1.45 bits per heavy atom. The third-order valence-corrected chi connectivity index (χ3v) is 3.77. The molecule has 1 aliphatic heterocycles. The lowest BCUT2D eigenvalue weighted by molar-refractivity contribution is 0.129. The number of hydrogen-bond acceptors (Lipinski definition) is 4. The number of carbonyl (C=O) groups excluding carboxylic acids is 1. The average Bonchev–Trinajstić information content (AvgIpc) is 2.88. The molecule has 1 aromatic carbocycles. The van der Waals surface area contributed by atoms with Crippen LogP contribution >= 0.6 is 0 Å². The summed E-state index contributed by atoms with van der Waals surface area (Å²) in [5, 5.41) is 2.47. The van der Waals surface area contributed by atoms with E-state index >= 15 is 0 Å². The number of nitrogens with zero attached hydrogens (tertiary/aromatic N) is 1. The van der Waals surface area contributed by atoms with Crippen molar-refractivity contribution in [3.8, 4) is 0 Å². The van der Waals surface area contributed by atoms with E-state index in [1.54, 1.807) is 7.05 Å². The Morgan fingerprint density at radius 3 is 2.85 bits per heavy atom. The van der Waals surface area contributed by atoms with Gasteiger partial charge in [0.15, 0.2) is 0 Å². The smallest absolute Gasteiger partial charge is 0.406 e. The van der Waals surface area contributed by atoms with Gasteiger partial charge in [0, 0.05) is 38.6 Å². The molecule has 0 spiro atoms. The van der Waals surface area contributed by atoms with E-state index < -0.39 is 0 Å². The number of amides is 1. The summed E-state index contributed by atoms with van der Waals surface area (Å²) in [6.45, 7) is 2.93. The Hall–Kier alpha value is -1.59. The fraction of sp³-hybridized carbons (Fsp3) is 0.533. The number of hydrogen-bond donors (Lipinski definition) is 2. The zero-order valence-electron chi connectivity index (χ0n) is 11.9. The van der Waals surface area contributed by atoms with Gasteiger partial charge in [-0.3, -0.25) is 4.90 Å². The second kappa shape index (κ2) is 7.26. The Morgan fingerprint density at radius 2 is 2.20 bits per heavy atom. The van der Waals surface area contributed by atoms with Gasteiger partial charge in [-0.1, -0.05) is 30.3 Å². The number of rotatable bonds is 5. The quantitative estimate of drug-likeness (QED) is 0.848. The molecule has 1 amide bonds. The van der Waals surface area contributed by atoms with Crippen LogP contribution in [0.25, 0.3) is 0 Å². The highest BCUT2D eigenvalue weighted by Gasteiger charge is 2.31. The summed E-state index contributed by atoms with van der Waals surface area (Å²) >= 11 is 0. The third kappa shape index (κ3) is 3.95. The van der Waals surface area contributed by atoms with E-state index in [1.165, 1.54) is 5.56 Å². The van der Waals surface area contributed by atoms with Crippen LogP contribution in [-0.2, 0) is 11.3 Å². The third-order valence-electron chi connectivity index (χ3n) is 3.77. The molecule has 110 valence electrons. The molecular weight excluding hydrogens is 254 g/mol. The van der Waals surface area contributed by atoms with Crippen molar-refractivity contribution in [2.75, 3.05) is 26.7 Å². The molecule has 1 heterocycles. The molecule has 5 nitrogen and oxygen atoms in total. The Bertz CT molecular complexity index is 424. The molecule has 0 unspecified atom stereocenters. The molecule has 1 saturated heterocycles. The number of benzene rings is 1. The van der Waals surface area contributed by atoms with Gasteiger partial charge in [-0.25, -0.2) is 4.79 Å². The van der Waals surface area contributed by atoms with Gasteiger partial charge in [-0.2, -0.15) is 0 Å². The Balaban J connectivity index is 1.88. The highest BCUT2D eigenvalue weighted by molar-refractivity contribution is 5.66. The monoisotopic (exact) mass is 277 g/mol. The minimum absolute atomic E-state index is 0.365. The number of carbonyl (C=O) groups is 1. The summed E-state index contributed by atoms with van der Waals surface area (Å²) < 4.78 is 5.15. The molecule has 0 radical (unpaired) electrons. The van der Waals surface area contributed by atoms with Crippen LogP contribution < -0.4 is 11.1 Å². The van der Waals surface area contributed by atoms with Crippen molar-refractivity contribution in [3.05, 3.63) is 35.9 Å². The fourth-order valence-electron chi connectivity index (χ4n) is 2.73. The standard InChI is InChI=1S/C15H23N3O2/c1-17-15(19)20-11-13-7-14(8-16)18(10-13)9-12-5-3-2-4-6-12/h2-6,13-14H,7-11,16H2,1H3,(H,17,19)/t13-,14-/m0/s1. The van der Waals surface area contributed by atoms with Crippen molar-refractivity contribution in [3.63, 3.8) is 0 Å². The van der Waals surface area contributed by atoms with Gasteiger partial charge in [0.1, 0.15) is 0 Å². The molecule has 1 aliphatic rings. The Kier molecular flexibility index (Phi) is 5.38. The van der Waals surface area contributed by atoms with E-state index in [0.29, 0.717) is 25.1 Å². The first-order chi connectivity index (χ1) is 9.72. The van der Waals surface area contributed by atoms with Gasteiger partial charge in [0.05, 0.1) is 6.61 Å². The number of alkyl carbamates (subject to hydrolysis) is 1. The van der Waals surface area contributed by atoms with Crippen LogP contribution in [0.3, 0.4) is 0 Å². The summed E-state index contributed by atoms with van der Waals surface area (Å²) in [7, 11) is 1.57. The second-order valence-corrected chi connectivity index (χ2v) is 5.25. The molecular formula is C15H23N3O2. The van der Waals surface area contributed by atoms with Gasteiger partial charge in [-0.15, -0.1) is 0 Å². The highest BCUT2D eigenvalue weighted by atomic mass is 16.5. The van der Waals surface area contributed by atoms with Crippen LogP contribution in [0.2, 0.25) is 0 Å². The van der Waals surface area contributed by atoms with Crippen molar-refractivity contribution in [1.82, 2.24) is 10.2 Å². The zero-order chi connectivity index (χ0) is 14.4. The summed E-state index contributed by atoms with van der Waals surface area (Å²) in [6, 6.07) is 10.7. The summed E-state index contributed by atoms with van der Waals surface area (Å²) in [5.74, 6) is 0.365. The number of nitrogens with one attached hydrogen (secondary N) is 1. The predicted molar refractivity (Wildman–Crippen MR) is 78.2 cm³/mol. The summed E-state index contributed by atoms with van der Waals surface area (Å²) in [6.07, 6.45) is 0.621. The first kappa shape index (κ1) is 14.8. The molecule has 5 heteroatoms. The maximum absolute atomic E-state index is 11.1. The molecule has 0 saturated carbocycles. The van der Waals surface area contributed by atoms with Crippen molar-refractivity contribution in [2.24, 2.45) is 11.7 Å². The van der Waals surface area contributed by atoms with E-state index in [1.807, 2.05) is 6.07 Å². The van der Waals surface area contributed by atoms with Crippen molar-refractivity contribution in [2.45, 2.75) is 19.0 Å². The normalized spacial score (nSPS) is 22.7. The van der Waals surface area contributed by atoms with E-state index in [0.717, 1.165) is 19.5 Å². The van der Waals surface area contributed by atoms with Crippen molar-refractivity contribution in [1.29, 1.82) is 0 Å². The second-order valence-electron chi connectivity index (χ2n) is 5.25. The molecule has 0 aliphatic carbocycles. The number of ether oxygens (including phenoxy) is 1. The first-order valence-electron chi connectivity index (χ1n) is 7.05. The van der Waals surface area contributed by atoms with E-state index in [4.69, 9.17) is 10.5 Å². The van der Waals surface area contributed by atoms with Gasteiger partial charge < -0.3 is 15.8 Å². The molecule has 2 rings (SSSR count). The maximum Gasteiger partial charge on any atom is 0.406 e. The van der Waals surface area contributed by atoms with Crippen LogP contribution in [0.5, 0.6) is 0 Å². The molecule has 2 atom stereocenters. The topological polar surface area (TPSA) is 67.6 Å². The summed E-state index contributed by atoms with van der Waals surface area (Å²) in [5.41, 5.74) is 7.15. The van der Waals surface area contributed by atoms with Crippen LogP contribution in [-0.4, -0.2) is 43.8 Å². The Labute approximate surface area is 120 Å². The van der Waals surface area contributed by atoms with Crippen LogP contribution in [0.1, 0.15) is 12.0 Å². The van der Waals surface area contributed by atoms with Gasteiger partial charge in [0.2, 0.25) is 0 Å². The lowest BCUT2D eigenvalue weighted by Crippen LogP contribution is -2.34. The number of nitrogens with two attached hydrogens (primary N) is 1. The fourth-order valence-corrected chi connectivity index (χ4v) is 2.73. The van der Waals surface area contributed by atoms with E-state index in [-0.39, 0.29) is 6.09 Å². The largest absolute Gasteiger partial charge is 0.449 e. The first-order valence-corrected chi connectivity index (χ1v) is 7.05.